The first-order valence-corrected chi connectivity index (χ1v) is 14.3. The van der Waals surface area contributed by atoms with Crippen LogP contribution in [0.4, 0.5) is 0 Å². The Balaban J connectivity index is 1.69. The Bertz CT molecular complexity index is 1310. The maximum absolute atomic E-state index is 13.7. The summed E-state index contributed by atoms with van der Waals surface area (Å²) in [6.07, 6.45) is 3.13. The fourth-order valence-corrected chi connectivity index (χ4v) is 7.69. The molecule has 0 bridgehead atoms. The molecule has 2 atom stereocenters. The smallest absolute Gasteiger partial charge is 0.250 e. The lowest BCUT2D eigenvalue weighted by atomic mass is 9.63. The number of nitrogens with zero attached hydrogens (tertiary/aromatic N) is 3. The van der Waals surface area contributed by atoms with Crippen LogP contribution in [0.25, 0.3) is 0 Å². The number of amides is 1. The zero-order chi connectivity index (χ0) is 26.1. The molecular formula is C27H37N5O3S. The van der Waals surface area contributed by atoms with E-state index in [1.165, 1.54) is 0 Å². The summed E-state index contributed by atoms with van der Waals surface area (Å²) in [5.41, 5.74) is 1.85. The van der Waals surface area contributed by atoms with E-state index in [4.69, 9.17) is 0 Å². The summed E-state index contributed by atoms with van der Waals surface area (Å²) >= 11 is 0. The highest BCUT2D eigenvalue weighted by atomic mass is 32.2. The molecule has 194 valence electrons. The molecule has 4 heterocycles. The van der Waals surface area contributed by atoms with Gasteiger partial charge in [-0.05, 0) is 63.1 Å². The molecule has 1 saturated heterocycles. The summed E-state index contributed by atoms with van der Waals surface area (Å²) < 4.78 is 28.5. The van der Waals surface area contributed by atoms with E-state index in [1.807, 2.05) is 26.8 Å². The third-order valence-corrected chi connectivity index (χ3v) is 9.61. The van der Waals surface area contributed by atoms with Crippen LogP contribution in [0, 0.1) is 5.41 Å². The van der Waals surface area contributed by atoms with Crippen molar-refractivity contribution in [3.05, 3.63) is 52.5 Å². The number of nitrogens with one attached hydrogen (secondary N) is 2. The van der Waals surface area contributed by atoms with Gasteiger partial charge in [0, 0.05) is 36.3 Å². The molecule has 0 aromatic heterocycles. The van der Waals surface area contributed by atoms with Crippen LogP contribution >= 0.6 is 0 Å². The molecule has 0 aliphatic carbocycles. The number of azo groups is 1. The average molecular weight is 512 g/mol. The first-order chi connectivity index (χ1) is 16.7. The number of rotatable bonds is 4. The minimum Gasteiger partial charge on any atom is -0.347 e. The predicted molar refractivity (Wildman–Crippen MR) is 139 cm³/mol. The van der Waals surface area contributed by atoms with Crippen LogP contribution in [-0.4, -0.2) is 43.3 Å². The highest BCUT2D eigenvalue weighted by molar-refractivity contribution is 7.89. The number of dihydropyridines is 1. The van der Waals surface area contributed by atoms with Crippen LogP contribution in [0.1, 0.15) is 72.8 Å². The van der Waals surface area contributed by atoms with Gasteiger partial charge in [0.2, 0.25) is 10.0 Å². The van der Waals surface area contributed by atoms with E-state index in [0.29, 0.717) is 30.9 Å². The monoisotopic (exact) mass is 511 g/mol. The average Bonchev–Trinajstić information content (AvgIpc) is 3.43. The molecule has 4 aliphatic rings. The van der Waals surface area contributed by atoms with Gasteiger partial charge in [0.1, 0.15) is 0 Å². The van der Waals surface area contributed by atoms with E-state index in [0.717, 1.165) is 36.1 Å². The van der Waals surface area contributed by atoms with Crippen LogP contribution in [0.3, 0.4) is 0 Å². The molecule has 8 nitrogen and oxygen atoms in total. The van der Waals surface area contributed by atoms with Crippen molar-refractivity contribution in [2.75, 3.05) is 13.1 Å². The maximum atomic E-state index is 13.7. The van der Waals surface area contributed by atoms with E-state index >= 15 is 0 Å². The molecule has 0 radical (unpaired) electrons. The fraction of sp³-hybridized carbons (Fsp3) is 0.593. The van der Waals surface area contributed by atoms with Crippen molar-refractivity contribution in [2.45, 2.75) is 89.1 Å². The second kappa shape index (κ2) is 8.25. The SMILES string of the molecule is CC(C)(C)CC1N=NC2=C1[C@@](C)(c1cccc(S(=O)(=O)N3CCCC3)c1)C1=C(CC(C)(C)NC1=O)N2. The molecule has 0 saturated carbocycles. The Hall–Kier alpha value is -2.52. The summed E-state index contributed by atoms with van der Waals surface area (Å²) in [4.78, 5) is 14.0. The van der Waals surface area contributed by atoms with Crippen molar-refractivity contribution in [1.82, 2.24) is 14.9 Å². The zero-order valence-corrected chi connectivity index (χ0v) is 22.9. The highest BCUT2D eigenvalue weighted by Crippen LogP contribution is 2.52. The minimum atomic E-state index is -3.61. The number of sulfonamides is 1. The van der Waals surface area contributed by atoms with Gasteiger partial charge in [-0.15, -0.1) is 5.11 Å². The molecule has 2 N–H and O–H groups in total. The van der Waals surface area contributed by atoms with Crippen molar-refractivity contribution in [2.24, 2.45) is 15.6 Å². The Morgan fingerprint density at radius 1 is 1.14 bits per heavy atom. The normalized spacial score (nSPS) is 28.2. The van der Waals surface area contributed by atoms with Crippen molar-refractivity contribution >= 4 is 15.9 Å². The third-order valence-electron chi connectivity index (χ3n) is 7.71. The van der Waals surface area contributed by atoms with Crippen LogP contribution in [-0.2, 0) is 20.2 Å². The van der Waals surface area contributed by atoms with Crippen molar-refractivity contribution in [1.29, 1.82) is 0 Å². The van der Waals surface area contributed by atoms with E-state index in [2.05, 4.69) is 41.6 Å². The van der Waals surface area contributed by atoms with Gasteiger partial charge in [-0.1, -0.05) is 32.9 Å². The van der Waals surface area contributed by atoms with E-state index in [-0.39, 0.29) is 22.3 Å². The van der Waals surface area contributed by atoms with E-state index in [1.54, 1.807) is 22.5 Å². The fourth-order valence-electron chi connectivity index (χ4n) is 6.12. The van der Waals surface area contributed by atoms with Gasteiger partial charge in [-0.2, -0.15) is 9.42 Å². The van der Waals surface area contributed by atoms with Gasteiger partial charge >= 0.3 is 0 Å². The van der Waals surface area contributed by atoms with Crippen molar-refractivity contribution in [3.8, 4) is 0 Å². The summed E-state index contributed by atoms with van der Waals surface area (Å²) in [5, 5.41) is 15.8. The summed E-state index contributed by atoms with van der Waals surface area (Å²) in [7, 11) is -3.61. The van der Waals surface area contributed by atoms with Crippen LogP contribution in [0.15, 0.2) is 62.1 Å². The first-order valence-electron chi connectivity index (χ1n) is 12.8. The molecule has 36 heavy (non-hydrogen) atoms. The number of hydrogen-bond acceptors (Lipinski definition) is 6. The van der Waals surface area contributed by atoms with Gasteiger partial charge in [-0.25, -0.2) is 8.42 Å². The molecular weight excluding hydrogens is 474 g/mol. The van der Waals surface area contributed by atoms with Gasteiger partial charge < -0.3 is 10.6 Å². The van der Waals surface area contributed by atoms with Crippen molar-refractivity contribution < 1.29 is 13.2 Å². The largest absolute Gasteiger partial charge is 0.347 e. The molecule has 1 unspecified atom stereocenters. The molecule has 5 rings (SSSR count). The van der Waals surface area contributed by atoms with Crippen molar-refractivity contribution in [3.63, 3.8) is 0 Å². The predicted octanol–water partition coefficient (Wildman–Crippen LogP) is 4.37. The molecule has 1 aromatic carbocycles. The Morgan fingerprint density at radius 3 is 2.50 bits per heavy atom. The van der Waals surface area contributed by atoms with Crippen LogP contribution in [0.5, 0.6) is 0 Å². The maximum Gasteiger partial charge on any atom is 0.250 e. The van der Waals surface area contributed by atoms with Gasteiger partial charge in [-0.3, -0.25) is 4.79 Å². The molecule has 4 aliphatic heterocycles. The number of carbonyl (C=O) groups is 1. The molecule has 1 fully saturated rings. The Kier molecular flexibility index (Phi) is 5.76. The number of benzene rings is 1. The summed E-state index contributed by atoms with van der Waals surface area (Å²) in [6, 6.07) is 6.93. The van der Waals surface area contributed by atoms with E-state index < -0.39 is 21.0 Å². The lowest BCUT2D eigenvalue weighted by molar-refractivity contribution is -0.120. The molecule has 1 amide bonds. The topological polar surface area (TPSA) is 103 Å². The Labute approximate surface area is 214 Å². The molecule has 9 heteroatoms. The second-order valence-electron chi connectivity index (χ2n) is 12.5. The van der Waals surface area contributed by atoms with E-state index in [9.17, 15) is 13.2 Å². The van der Waals surface area contributed by atoms with Gasteiger partial charge in [0.15, 0.2) is 5.82 Å². The molecule has 0 spiro atoms. The standard InChI is InChI=1S/C27H37N5O3S/c1-25(2,3)15-20-21-23(31-30-20)28-19-16-26(4,5)29-24(33)22(19)27(21,6)17-10-9-11-18(14-17)36(34,35)32-12-7-8-13-32/h9-11,14,20,28H,7-8,12-13,15-16H2,1-6H3,(H,29,33)/t20?,27-/m1/s1. The zero-order valence-electron chi connectivity index (χ0n) is 22.1. The summed E-state index contributed by atoms with van der Waals surface area (Å²) in [6.45, 7) is 13.6. The lowest BCUT2D eigenvalue weighted by Crippen LogP contribution is -2.55. The van der Waals surface area contributed by atoms with Gasteiger partial charge in [0.05, 0.1) is 21.9 Å². The van der Waals surface area contributed by atoms with Gasteiger partial charge in [0.25, 0.3) is 5.91 Å². The lowest BCUT2D eigenvalue weighted by Gasteiger charge is -2.46. The number of hydrogen-bond donors (Lipinski definition) is 2. The summed E-state index contributed by atoms with van der Waals surface area (Å²) in [5.74, 6) is 0.542. The quantitative estimate of drug-likeness (QED) is 0.627. The van der Waals surface area contributed by atoms with Crippen LogP contribution < -0.4 is 10.6 Å². The number of carbonyl (C=O) groups excluding carboxylic acids is 1. The first kappa shape index (κ1) is 25.1. The third kappa shape index (κ3) is 4.10. The highest BCUT2D eigenvalue weighted by Gasteiger charge is 2.52. The molecule has 1 aromatic rings. The Morgan fingerprint density at radius 2 is 1.83 bits per heavy atom. The minimum absolute atomic E-state index is 0.0144. The van der Waals surface area contributed by atoms with Crippen LogP contribution in [0.2, 0.25) is 0 Å². The second-order valence-corrected chi connectivity index (χ2v) is 14.5.